The first-order valence-corrected chi connectivity index (χ1v) is 7.52. The molecule has 4 heteroatoms. The van der Waals surface area contributed by atoms with Gasteiger partial charge in [0.15, 0.2) is 0 Å². The van der Waals surface area contributed by atoms with E-state index in [0.717, 1.165) is 30.1 Å². The monoisotopic (exact) mass is 278 g/mol. The first-order valence-electron chi connectivity index (χ1n) is 7.52. The number of anilines is 1. The van der Waals surface area contributed by atoms with Crippen molar-refractivity contribution in [2.24, 2.45) is 5.92 Å². The number of aliphatic hydroxyl groups excluding tert-OH is 1. The highest BCUT2D eigenvalue weighted by Crippen LogP contribution is 2.24. The molecular weight excluding hydrogens is 252 g/mol. The Bertz CT molecular complexity index is 423. The van der Waals surface area contributed by atoms with Gasteiger partial charge in [-0.05, 0) is 57.5 Å². The van der Waals surface area contributed by atoms with E-state index in [1.54, 1.807) is 0 Å². The number of benzene rings is 1. The molecule has 4 nitrogen and oxygen atoms in total. The lowest BCUT2D eigenvalue weighted by Gasteiger charge is -2.30. The summed E-state index contributed by atoms with van der Waals surface area (Å²) in [6.07, 6.45) is 2.58. The van der Waals surface area contributed by atoms with Gasteiger partial charge in [-0.15, -0.1) is 0 Å². The number of nitrogens with zero attached hydrogens (tertiary/aromatic N) is 1. The number of nitrogens with one attached hydrogen (secondary N) is 1. The third kappa shape index (κ3) is 4.12. The molecule has 0 spiro atoms. The summed E-state index contributed by atoms with van der Waals surface area (Å²) in [5.41, 5.74) is 1.91. The zero-order valence-corrected chi connectivity index (χ0v) is 12.6. The van der Waals surface area contributed by atoms with Crippen LogP contribution in [0.4, 0.5) is 5.69 Å². The summed E-state index contributed by atoms with van der Waals surface area (Å²) in [6, 6.07) is 5.94. The lowest BCUT2D eigenvalue weighted by atomic mass is 9.98. The number of hydrogen-bond donors (Lipinski definition) is 2. The minimum atomic E-state index is 0.0109. The molecular formula is C16H26N2O2. The molecule has 20 heavy (non-hydrogen) atoms. The summed E-state index contributed by atoms with van der Waals surface area (Å²) in [5.74, 6) is 1.48. The van der Waals surface area contributed by atoms with Gasteiger partial charge >= 0.3 is 0 Å². The van der Waals surface area contributed by atoms with E-state index >= 15 is 0 Å². The van der Waals surface area contributed by atoms with Gasteiger partial charge in [0.25, 0.3) is 0 Å². The molecule has 1 atom stereocenters. The van der Waals surface area contributed by atoms with E-state index in [1.807, 2.05) is 25.1 Å². The maximum Gasteiger partial charge on any atom is 0.124 e. The molecule has 1 aliphatic heterocycles. The fourth-order valence-corrected chi connectivity index (χ4v) is 2.81. The minimum Gasteiger partial charge on any atom is -0.494 e. The van der Waals surface area contributed by atoms with Crippen LogP contribution < -0.4 is 10.1 Å². The van der Waals surface area contributed by atoms with Crippen molar-refractivity contribution >= 4 is 5.69 Å². The molecule has 1 fully saturated rings. The normalized spacial score (nSPS) is 19.9. The van der Waals surface area contributed by atoms with Gasteiger partial charge in [0.2, 0.25) is 0 Å². The summed E-state index contributed by atoms with van der Waals surface area (Å²) in [4.78, 5) is 2.40. The van der Waals surface area contributed by atoms with Crippen LogP contribution in [0.2, 0.25) is 0 Å². The van der Waals surface area contributed by atoms with Gasteiger partial charge in [-0.3, -0.25) is 0 Å². The van der Waals surface area contributed by atoms with Crippen LogP contribution in [0.5, 0.6) is 5.75 Å². The van der Waals surface area contributed by atoms with Crippen LogP contribution in [0.3, 0.4) is 0 Å². The Kier molecular flexibility index (Phi) is 5.68. The van der Waals surface area contributed by atoms with Crippen molar-refractivity contribution in [1.29, 1.82) is 0 Å². The number of piperidine rings is 1. The summed E-state index contributed by atoms with van der Waals surface area (Å²) < 4.78 is 5.50. The highest BCUT2D eigenvalue weighted by Gasteiger charge is 2.16. The van der Waals surface area contributed by atoms with Crippen LogP contribution in [0, 0.1) is 5.92 Å². The van der Waals surface area contributed by atoms with Crippen molar-refractivity contribution in [1.82, 2.24) is 4.90 Å². The average molecular weight is 278 g/mol. The van der Waals surface area contributed by atoms with Crippen LogP contribution in [0.1, 0.15) is 25.3 Å². The molecule has 1 aromatic carbocycles. The van der Waals surface area contributed by atoms with Crippen molar-refractivity contribution in [3.8, 4) is 5.75 Å². The Balaban J connectivity index is 1.92. The van der Waals surface area contributed by atoms with E-state index in [-0.39, 0.29) is 6.61 Å². The number of aliphatic hydroxyl groups is 1. The van der Waals surface area contributed by atoms with E-state index in [2.05, 4.69) is 17.3 Å². The van der Waals surface area contributed by atoms with Gasteiger partial charge in [0.1, 0.15) is 5.75 Å². The molecule has 1 saturated heterocycles. The van der Waals surface area contributed by atoms with Crippen LogP contribution in [0.15, 0.2) is 18.2 Å². The van der Waals surface area contributed by atoms with E-state index < -0.39 is 0 Å². The van der Waals surface area contributed by atoms with Gasteiger partial charge in [0.05, 0.1) is 13.2 Å². The van der Waals surface area contributed by atoms with E-state index in [9.17, 15) is 5.11 Å². The zero-order valence-electron chi connectivity index (χ0n) is 12.6. The van der Waals surface area contributed by atoms with Gasteiger partial charge in [-0.25, -0.2) is 0 Å². The van der Waals surface area contributed by atoms with Gasteiger partial charge in [-0.2, -0.15) is 0 Å². The van der Waals surface area contributed by atoms with E-state index in [1.165, 1.54) is 19.4 Å². The topological polar surface area (TPSA) is 44.7 Å². The third-order valence-electron chi connectivity index (χ3n) is 3.85. The first kappa shape index (κ1) is 15.1. The molecule has 1 heterocycles. The molecule has 0 amide bonds. The van der Waals surface area contributed by atoms with Crippen LogP contribution in [-0.2, 0) is 6.61 Å². The average Bonchev–Trinajstić information content (AvgIpc) is 2.46. The quantitative estimate of drug-likeness (QED) is 0.838. The summed E-state index contributed by atoms with van der Waals surface area (Å²) in [6.45, 7) is 5.95. The molecule has 112 valence electrons. The first-order chi connectivity index (χ1) is 9.72. The second-order valence-electron chi connectivity index (χ2n) is 5.57. The number of hydrogen-bond acceptors (Lipinski definition) is 4. The molecule has 1 aliphatic rings. The molecule has 0 aliphatic carbocycles. The largest absolute Gasteiger partial charge is 0.494 e. The van der Waals surface area contributed by atoms with Crippen molar-refractivity contribution in [2.45, 2.75) is 26.4 Å². The van der Waals surface area contributed by atoms with Crippen molar-refractivity contribution < 1.29 is 9.84 Å². The highest BCUT2D eigenvalue weighted by molar-refractivity contribution is 5.51. The standard InChI is InChI=1S/C16H26N2O2/c1-3-20-16-7-6-15(9-14(16)12-19)17-10-13-5-4-8-18(2)11-13/h6-7,9,13,17,19H,3-5,8,10-12H2,1-2H3. The van der Waals surface area contributed by atoms with Crippen LogP contribution in [-0.4, -0.2) is 43.3 Å². The molecule has 0 bridgehead atoms. The molecule has 2 rings (SSSR count). The Labute approximate surface area is 121 Å². The maximum absolute atomic E-state index is 9.41. The van der Waals surface area contributed by atoms with E-state index in [4.69, 9.17) is 4.74 Å². The minimum absolute atomic E-state index is 0.0109. The Morgan fingerprint density at radius 1 is 1.45 bits per heavy atom. The smallest absolute Gasteiger partial charge is 0.124 e. The molecule has 2 N–H and O–H groups in total. The molecule has 0 radical (unpaired) electrons. The molecule has 1 aromatic rings. The second kappa shape index (κ2) is 7.50. The Hall–Kier alpha value is -1.26. The molecule has 0 aromatic heterocycles. The van der Waals surface area contributed by atoms with Crippen LogP contribution in [0.25, 0.3) is 0 Å². The lowest BCUT2D eigenvalue weighted by Crippen LogP contribution is -2.35. The van der Waals surface area contributed by atoms with Crippen molar-refractivity contribution in [3.05, 3.63) is 23.8 Å². The van der Waals surface area contributed by atoms with Gasteiger partial charge < -0.3 is 20.1 Å². The lowest BCUT2D eigenvalue weighted by molar-refractivity contribution is 0.217. The summed E-state index contributed by atoms with van der Waals surface area (Å²) in [5, 5.41) is 12.9. The third-order valence-corrected chi connectivity index (χ3v) is 3.85. The summed E-state index contributed by atoms with van der Waals surface area (Å²) in [7, 11) is 2.19. The summed E-state index contributed by atoms with van der Waals surface area (Å²) >= 11 is 0. The predicted molar refractivity (Wildman–Crippen MR) is 82.2 cm³/mol. The SMILES string of the molecule is CCOc1ccc(NCC2CCCN(C)C2)cc1CO. The maximum atomic E-state index is 9.41. The van der Waals surface area contributed by atoms with E-state index in [0.29, 0.717) is 12.5 Å². The van der Waals surface area contributed by atoms with Gasteiger partial charge in [-0.1, -0.05) is 0 Å². The Morgan fingerprint density at radius 2 is 2.30 bits per heavy atom. The zero-order chi connectivity index (χ0) is 14.4. The van der Waals surface area contributed by atoms with Crippen molar-refractivity contribution in [2.75, 3.05) is 38.6 Å². The van der Waals surface area contributed by atoms with Crippen LogP contribution >= 0.6 is 0 Å². The number of rotatable bonds is 6. The predicted octanol–water partition coefficient (Wildman–Crippen LogP) is 2.33. The fraction of sp³-hybridized carbons (Fsp3) is 0.625. The number of likely N-dealkylation sites (tertiary alicyclic amines) is 1. The molecule has 0 saturated carbocycles. The van der Waals surface area contributed by atoms with Crippen molar-refractivity contribution in [3.63, 3.8) is 0 Å². The fourth-order valence-electron chi connectivity index (χ4n) is 2.81. The number of ether oxygens (including phenoxy) is 1. The Morgan fingerprint density at radius 3 is 3.00 bits per heavy atom. The highest BCUT2D eigenvalue weighted by atomic mass is 16.5. The molecule has 1 unspecified atom stereocenters. The van der Waals surface area contributed by atoms with Gasteiger partial charge in [0, 0.05) is 24.3 Å². The second-order valence-corrected chi connectivity index (χ2v) is 5.57.